The van der Waals surface area contributed by atoms with Crippen LogP contribution in [-0.4, -0.2) is 43.7 Å². The molecule has 0 fully saturated rings. The van der Waals surface area contributed by atoms with Gasteiger partial charge < -0.3 is 14.2 Å². The van der Waals surface area contributed by atoms with Gasteiger partial charge in [-0.25, -0.2) is 4.79 Å². The molecule has 1 aliphatic heterocycles. The van der Waals surface area contributed by atoms with Gasteiger partial charge in [-0.3, -0.25) is 14.5 Å². The second kappa shape index (κ2) is 6.93. The van der Waals surface area contributed by atoms with Crippen LogP contribution in [-0.2, 0) is 23.9 Å². The van der Waals surface area contributed by atoms with Gasteiger partial charge in [-0.1, -0.05) is 12.1 Å². The molecule has 1 aromatic rings. The van der Waals surface area contributed by atoms with E-state index >= 15 is 0 Å². The normalized spacial score (nSPS) is 16.5. The minimum Gasteiger partial charge on any atom is -0.466 e. The molecule has 0 aliphatic carbocycles. The number of carbonyl (C=O) groups excluding carboxylic acids is 3. The molecule has 0 saturated carbocycles. The summed E-state index contributed by atoms with van der Waals surface area (Å²) in [6.07, 6.45) is -1.41. The lowest BCUT2D eigenvalue weighted by Gasteiger charge is -2.32. The first-order valence-corrected chi connectivity index (χ1v) is 6.97. The number of para-hydroxylation sites is 2. The van der Waals surface area contributed by atoms with Crippen LogP contribution in [0.15, 0.2) is 24.3 Å². The average Bonchev–Trinajstić information content (AvgIpc) is 2.50. The van der Waals surface area contributed by atoms with Crippen molar-refractivity contribution >= 4 is 23.5 Å². The van der Waals surface area contributed by atoms with Gasteiger partial charge in [-0.05, 0) is 26.0 Å². The Morgan fingerprint density at radius 1 is 1.18 bits per heavy atom. The molecule has 7 heteroatoms. The summed E-state index contributed by atoms with van der Waals surface area (Å²) < 4.78 is 15.1. The molecule has 118 valence electrons. The SMILES string of the molecule is CCOC(=O)CN1C(=O)C(C(=O)OCC)Oc2ccccc21. The third kappa shape index (κ3) is 3.19. The molecule has 7 nitrogen and oxygen atoms in total. The monoisotopic (exact) mass is 307 g/mol. The van der Waals surface area contributed by atoms with Crippen molar-refractivity contribution in [2.75, 3.05) is 24.7 Å². The van der Waals surface area contributed by atoms with Crippen molar-refractivity contribution in [1.29, 1.82) is 0 Å². The van der Waals surface area contributed by atoms with Crippen LogP contribution in [0.25, 0.3) is 0 Å². The lowest BCUT2D eigenvalue weighted by molar-refractivity contribution is -0.156. The number of esters is 2. The van der Waals surface area contributed by atoms with Gasteiger partial charge in [0, 0.05) is 0 Å². The van der Waals surface area contributed by atoms with Crippen LogP contribution in [0.3, 0.4) is 0 Å². The maximum Gasteiger partial charge on any atom is 0.357 e. The van der Waals surface area contributed by atoms with Crippen LogP contribution in [0, 0.1) is 0 Å². The molecule has 1 aromatic carbocycles. The van der Waals surface area contributed by atoms with Crippen LogP contribution >= 0.6 is 0 Å². The molecule has 0 saturated heterocycles. The van der Waals surface area contributed by atoms with E-state index in [-0.39, 0.29) is 19.8 Å². The van der Waals surface area contributed by atoms with Crippen LogP contribution in [0.1, 0.15) is 13.8 Å². The van der Waals surface area contributed by atoms with Crippen molar-refractivity contribution in [2.45, 2.75) is 20.0 Å². The molecule has 1 amide bonds. The summed E-state index contributed by atoms with van der Waals surface area (Å²) in [4.78, 5) is 37.2. The molecular formula is C15H17NO6. The largest absolute Gasteiger partial charge is 0.466 e. The van der Waals surface area contributed by atoms with Crippen molar-refractivity contribution in [3.63, 3.8) is 0 Å². The number of fused-ring (bicyclic) bond motifs is 1. The molecule has 1 atom stereocenters. The van der Waals surface area contributed by atoms with Gasteiger partial charge in [0.2, 0.25) is 0 Å². The number of benzene rings is 1. The fraction of sp³-hybridized carbons (Fsp3) is 0.400. The predicted octanol–water partition coefficient (Wildman–Crippen LogP) is 0.907. The molecule has 0 radical (unpaired) electrons. The van der Waals surface area contributed by atoms with E-state index in [4.69, 9.17) is 14.2 Å². The van der Waals surface area contributed by atoms with Crippen molar-refractivity contribution in [1.82, 2.24) is 0 Å². The number of nitrogens with zero attached hydrogens (tertiary/aromatic N) is 1. The highest BCUT2D eigenvalue weighted by Crippen LogP contribution is 2.33. The quantitative estimate of drug-likeness (QED) is 0.594. The summed E-state index contributed by atoms with van der Waals surface area (Å²) in [5.74, 6) is -1.65. The van der Waals surface area contributed by atoms with E-state index in [1.54, 1.807) is 38.1 Å². The number of hydrogen-bond acceptors (Lipinski definition) is 6. The minimum atomic E-state index is -1.41. The highest BCUT2D eigenvalue weighted by Gasteiger charge is 2.41. The van der Waals surface area contributed by atoms with Gasteiger partial charge in [0.05, 0.1) is 18.9 Å². The second-order valence-electron chi connectivity index (χ2n) is 4.45. The number of ether oxygens (including phenoxy) is 3. The summed E-state index contributed by atoms with van der Waals surface area (Å²) in [5, 5.41) is 0. The molecule has 0 N–H and O–H groups in total. The zero-order valence-electron chi connectivity index (χ0n) is 12.4. The third-order valence-corrected chi connectivity index (χ3v) is 2.98. The lowest BCUT2D eigenvalue weighted by Crippen LogP contribution is -2.52. The van der Waals surface area contributed by atoms with E-state index in [9.17, 15) is 14.4 Å². The molecule has 0 spiro atoms. The van der Waals surface area contributed by atoms with Gasteiger partial charge in [-0.15, -0.1) is 0 Å². The minimum absolute atomic E-state index is 0.130. The van der Waals surface area contributed by atoms with E-state index in [0.717, 1.165) is 0 Å². The van der Waals surface area contributed by atoms with Crippen LogP contribution in [0.2, 0.25) is 0 Å². The summed E-state index contributed by atoms with van der Waals surface area (Å²) in [6.45, 7) is 3.36. The Kier molecular flexibility index (Phi) is 4.98. The highest BCUT2D eigenvalue weighted by atomic mass is 16.6. The Labute approximate surface area is 127 Å². The van der Waals surface area contributed by atoms with Crippen LogP contribution in [0.4, 0.5) is 5.69 Å². The zero-order valence-corrected chi connectivity index (χ0v) is 12.4. The van der Waals surface area contributed by atoms with E-state index in [1.807, 2.05) is 0 Å². The third-order valence-electron chi connectivity index (χ3n) is 2.98. The smallest absolute Gasteiger partial charge is 0.357 e. The molecule has 1 unspecified atom stereocenters. The number of carbonyl (C=O) groups is 3. The number of rotatable bonds is 5. The molecule has 1 aliphatic rings. The molecule has 0 aromatic heterocycles. The first kappa shape index (κ1) is 15.8. The van der Waals surface area contributed by atoms with Crippen LogP contribution in [0.5, 0.6) is 5.75 Å². The molecule has 22 heavy (non-hydrogen) atoms. The lowest BCUT2D eigenvalue weighted by atomic mass is 10.1. The number of amides is 1. The first-order chi connectivity index (χ1) is 10.6. The molecule has 1 heterocycles. The molecular weight excluding hydrogens is 290 g/mol. The first-order valence-electron chi connectivity index (χ1n) is 6.97. The Hall–Kier alpha value is -2.57. The Balaban J connectivity index is 2.30. The van der Waals surface area contributed by atoms with E-state index in [0.29, 0.717) is 11.4 Å². The van der Waals surface area contributed by atoms with Crippen molar-refractivity contribution in [3.8, 4) is 5.75 Å². The standard InChI is InChI=1S/C15H17NO6/c1-3-20-12(17)9-16-10-7-5-6-8-11(10)22-13(14(16)18)15(19)21-4-2/h5-8,13H,3-4,9H2,1-2H3. The van der Waals surface area contributed by atoms with Gasteiger partial charge in [0.25, 0.3) is 12.0 Å². The van der Waals surface area contributed by atoms with Gasteiger partial charge in [0.15, 0.2) is 0 Å². The Morgan fingerprint density at radius 3 is 2.55 bits per heavy atom. The number of anilines is 1. The fourth-order valence-electron chi connectivity index (χ4n) is 2.08. The maximum atomic E-state index is 12.4. The van der Waals surface area contributed by atoms with Crippen molar-refractivity contribution < 1.29 is 28.6 Å². The van der Waals surface area contributed by atoms with E-state index in [1.165, 1.54) is 4.90 Å². The Bertz CT molecular complexity index is 585. The van der Waals surface area contributed by atoms with Crippen LogP contribution < -0.4 is 9.64 Å². The predicted molar refractivity (Wildman–Crippen MR) is 76.5 cm³/mol. The highest BCUT2D eigenvalue weighted by molar-refractivity contribution is 6.12. The summed E-state index contributed by atoms with van der Waals surface area (Å²) in [5.41, 5.74) is 0.418. The second-order valence-corrected chi connectivity index (χ2v) is 4.45. The summed E-state index contributed by atoms with van der Waals surface area (Å²) >= 11 is 0. The van der Waals surface area contributed by atoms with Crippen molar-refractivity contribution in [2.24, 2.45) is 0 Å². The van der Waals surface area contributed by atoms with Gasteiger partial charge >= 0.3 is 11.9 Å². The number of hydrogen-bond donors (Lipinski definition) is 0. The molecule has 2 rings (SSSR count). The van der Waals surface area contributed by atoms with E-state index in [2.05, 4.69) is 0 Å². The van der Waals surface area contributed by atoms with Crippen molar-refractivity contribution in [3.05, 3.63) is 24.3 Å². The van der Waals surface area contributed by atoms with Gasteiger partial charge in [-0.2, -0.15) is 0 Å². The Morgan fingerprint density at radius 2 is 1.86 bits per heavy atom. The molecule has 0 bridgehead atoms. The summed E-state index contributed by atoms with van der Waals surface area (Å²) in [6, 6.07) is 6.66. The maximum absolute atomic E-state index is 12.4. The summed E-state index contributed by atoms with van der Waals surface area (Å²) in [7, 11) is 0. The average molecular weight is 307 g/mol. The van der Waals surface area contributed by atoms with E-state index < -0.39 is 23.9 Å². The van der Waals surface area contributed by atoms with Gasteiger partial charge in [0.1, 0.15) is 12.3 Å². The fourth-order valence-corrected chi connectivity index (χ4v) is 2.08. The zero-order chi connectivity index (χ0) is 16.1. The topological polar surface area (TPSA) is 82.1 Å².